The van der Waals surface area contributed by atoms with Gasteiger partial charge in [-0.1, -0.05) is 306 Å². The van der Waals surface area contributed by atoms with Crippen molar-refractivity contribution in [2.24, 2.45) is 0 Å². The first-order chi connectivity index (χ1) is 37.0. The molecule has 6 heteroatoms. The van der Waals surface area contributed by atoms with E-state index in [0.717, 1.165) is 57.8 Å². The number of ether oxygens (including phenoxy) is 1. The van der Waals surface area contributed by atoms with Crippen molar-refractivity contribution in [1.29, 1.82) is 0 Å². The molecule has 0 bridgehead atoms. The van der Waals surface area contributed by atoms with E-state index in [1.165, 1.54) is 263 Å². The molecule has 2 atom stereocenters. The third kappa shape index (κ3) is 60.9. The molecule has 0 aliphatic carbocycles. The molecule has 2 unspecified atom stereocenters. The van der Waals surface area contributed by atoms with Gasteiger partial charge in [0.2, 0.25) is 5.91 Å². The number of rotatable bonds is 62. The summed E-state index contributed by atoms with van der Waals surface area (Å²) in [6, 6.07) is -0.539. The van der Waals surface area contributed by atoms with Gasteiger partial charge in [0.25, 0.3) is 0 Å². The summed E-state index contributed by atoms with van der Waals surface area (Å²) in [6.45, 7) is 4.89. The van der Waals surface area contributed by atoms with Crippen molar-refractivity contribution in [2.75, 3.05) is 13.2 Å². The summed E-state index contributed by atoms with van der Waals surface area (Å²) < 4.78 is 5.47. The van der Waals surface area contributed by atoms with Crippen molar-refractivity contribution in [2.45, 2.75) is 366 Å². The summed E-state index contributed by atoms with van der Waals surface area (Å²) >= 11 is 0. The summed E-state index contributed by atoms with van der Waals surface area (Å²) in [5.74, 6) is -0.0341. The molecule has 75 heavy (non-hydrogen) atoms. The zero-order chi connectivity index (χ0) is 54.3. The molecule has 0 radical (unpaired) electrons. The minimum atomic E-state index is -0.662. The maximum absolute atomic E-state index is 12.5. The first-order valence-corrected chi connectivity index (χ1v) is 33.4. The molecular formula is C69H129NO5. The molecule has 0 spiro atoms. The second-order valence-corrected chi connectivity index (χ2v) is 22.8. The van der Waals surface area contributed by atoms with Gasteiger partial charge in [0.15, 0.2) is 0 Å². The molecule has 0 fully saturated rings. The second-order valence-electron chi connectivity index (χ2n) is 22.8. The lowest BCUT2D eigenvalue weighted by Crippen LogP contribution is -2.45. The molecule has 3 N–H and O–H groups in total. The molecule has 0 rings (SSSR count). The number of esters is 1. The van der Waals surface area contributed by atoms with Gasteiger partial charge in [-0.2, -0.15) is 0 Å². The van der Waals surface area contributed by atoms with Gasteiger partial charge in [-0.05, 0) is 83.5 Å². The first-order valence-electron chi connectivity index (χ1n) is 33.4. The van der Waals surface area contributed by atoms with Gasteiger partial charge >= 0.3 is 5.97 Å². The Labute approximate surface area is 467 Å². The van der Waals surface area contributed by atoms with Crippen LogP contribution in [0.3, 0.4) is 0 Å². The Kier molecular flexibility index (Phi) is 62.5. The topological polar surface area (TPSA) is 95.9 Å². The van der Waals surface area contributed by atoms with E-state index in [-0.39, 0.29) is 18.5 Å². The molecular weight excluding hydrogens is 923 g/mol. The monoisotopic (exact) mass is 1050 g/mol. The Morgan fingerprint density at radius 3 is 1.07 bits per heavy atom. The highest BCUT2D eigenvalue weighted by molar-refractivity contribution is 5.76. The van der Waals surface area contributed by atoms with Crippen molar-refractivity contribution >= 4 is 11.9 Å². The Bertz CT molecular complexity index is 1260. The Balaban J connectivity index is 3.37. The highest BCUT2D eigenvalue weighted by Crippen LogP contribution is 2.18. The quantitative estimate of drug-likeness (QED) is 0.0320. The maximum atomic E-state index is 12.5. The molecule has 0 heterocycles. The van der Waals surface area contributed by atoms with Crippen molar-refractivity contribution < 1.29 is 24.5 Å². The van der Waals surface area contributed by atoms with E-state index >= 15 is 0 Å². The average Bonchev–Trinajstić information content (AvgIpc) is 3.41. The number of aliphatic hydroxyl groups is 2. The fraction of sp³-hybridized carbons (Fsp3) is 0.855. The smallest absolute Gasteiger partial charge is 0.305 e. The molecule has 1 amide bonds. The van der Waals surface area contributed by atoms with Gasteiger partial charge in [0, 0.05) is 12.8 Å². The number of amides is 1. The lowest BCUT2D eigenvalue weighted by molar-refractivity contribution is -0.143. The summed E-state index contributed by atoms with van der Waals surface area (Å²) in [6.07, 6.45) is 83.0. The van der Waals surface area contributed by atoms with Crippen molar-refractivity contribution in [3.05, 3.63) is 48.6 Å². The largest absolute Gasteiger partial charge is 0.466 e. The van der Waals surface area contributed by atoms with E-state index in [4.69, 9.17) is 4.74 Å². The van der Waals surface area contributed by atoms with E-state index in [0.29, 0.717) is 25.9 Å². The standard InChI is InChI=1S/C69H129NO5/c1-3-5-7-9-11-13-15-38-43-47-51-55-59-63-69(74)75-64-60-56-52-48-44-40-37-35-33-31-29-27-25-23-21-19-17-18-20-22-24-26-28-30-32-34-36-39-42-46-50-54-58-62-68(73)70-66(65-71)67(72)61-57-53-49-45-41-16-14-12-10-8-6-4-2/h7,9,13,15,21,23,27,29,66-67,71-72H,3-6,8,10-12,14,16-20,22,24-26,28,30-65H2,1-2H3,(H,70,73)/b9-7-,15-13-,23-21-,29-27-. The number of nitrogens with one attached hydrogen (secondary N) is 1. The van der Waals surface area contributed by atoms with E-state index < -0.39 is 12.1 Å². The maximum Gasteiger partial charge on any atom is 0.305 e. The molecule has 6 nitrogen and oxygen atoms in total. The van der Waals surface area contributed by atoms with Crippen LogP contribution in [0.15, 0.2) is 48.6 Å². The Morgan fingerprint density at radius 2 is 0.693 bits per heavy atom. The number of hydrogen-bond donors (Lipinski definition) is 3. The van der Waals surface area contributed by atoms with Crippen LogP contribution in [-0.4, -0.2) is 47.4 Å². The zero-order valence-corrected chi connectivity index (χ0v) is 50.3. The number of hydrogen-bond acceptors (Lipinski definition) is 5. The molecule has 0 aromatic heterocycles. The van der Waals surface area contributed by atoms with Crippen LogP contribution in [0.2, 0.25) is 0 Å². The Morgan fingerprint density at radius 1 is 0.373 bits per heavy atom. The summed E-state index contributed by atoms with van der Waals surface area (Å²) in [4.78, 5) is 24.5. The molecule has 440 valence electrons. The molecule has 0 aliphatic heterocycles. The van der Waals surface area contributed by atoms with Gasteiger partial charge in [0.1, 0.15) is 0 Å². The summed E-state index contributed by atoms with van der Waals surface area (Å²) in [5, 5.41) is 23.2. The van der Waals surface area contributed by atoms with Gasteiger partial charge in [-0.3, -0.25) is 9.59 Å². The highest BCUT2D eigenvalue weighted by atomic mass is 16.5. The van der Waals surface area contributed by atoms with Crippen LogP contribution < -0.4 is 5.32 Å². The van der Waals surface area contributed by atoms with E-state index in [1.54, 1.807) is 0 Å². The van der Waals surface area contributed by atoms with E-state index in [2.05, 4.69) is 67.8 Å². The molecule has 0 aromatic carbocycles. The van der Waals surface area contributed by atoms with E-state index in [1.807, 2.05) is 0 Å². The second kappa shape index (κ2) is 64.3. The highest BCUT2D eigenvalue weighted by Gasteiger charge is 2.20. The minimum Gasteiger partial charge on any atom is -0.466 e. The Hall–Kier alpha value is -2.18. The predicted octanol–water partition coefficient (Wildman–Crippen LogP) is 21.3. The van der Waals surface area contributed by atoms with Crippen LogP contribution >= 0.6 is 0 Å². The first kappa shape index (κ1) is 72.8. The number of aliphatic hydroxyl groups excluding tert-OH is 2. The molecule has 0 aromatic rings. The average molecular weight is 1050 g/mol. The minimum absolute atomic E-state index is 0.00145. The summed E-state index contributed by atoms with van der Waals surface area (Å²) in [5.41, 5.74) is 0. The lowest BCUT2D eigenvalue weighted by Gasteiger charge is -2.22. The number of carbonyl (C=O) groups excluding carboxylic acids is 2. The third-order valence-corrected chi connectivity index (χ3v) is 15.3. The molecule has 0 saturated heterocycles. The normalized spacial score (nSPS) is 12.9. The lowest BCUT2D eigenvalue weighted by atomic mass is 10.0. The van der Waals surface area contributed by atoms with Crippen LogP contribution in [-0.2, 0) is 14.3 Å². The van der Waals surface area contributed by atoms with Gasteiger partial charge in [-0.25, -0.2) is 0 Å². The molecule has 0 aliphatic rings. The SMILES string of the molecule is CCC/C=C\C/C=C\CCCCCCCC(=O)OCCCCCCCCCCC/C=C\C/C=C\CCCCCCCCCCCCCCCCCCCC(=O)NC(CO)C(O)CCCCCCCCCCCCCC. The van der Waals surface area contributed by atoms with Crippen LogP contribution in [0.5, 0.6) is 0 Å². The summed E-state index contributed by atoms with van der Waals surface area (Å²) in [7, 11) is 0. The molecule has 0 saturated carbocycles. The van der Waals surface area contributed by atoms with Crippen LogP contribution in [0.25, 0.3) is 0 Å². The van der Waals surface area contributed by atoms with Crippen molar-refractivity contribution in [3.8, 4) is 0 Å². The number of unbranched alkanes of at least 4 members (excludes halogenated alkanes) is 43. The third-order valence-electron chi connectivity index (χ3n) is 15.3. The van der Waals surface area contributed by atoms with E-state index in [9.17, 15) is 19.8 Å². The van der Waals surface area contributed by atoms with Crippen molar-refractivity contribution in [1.82, 2.24) is 5.32 Å². The fourth-order valence-electron chi connectivity index (χ4n) is 10.2. The fourth-order valence-corrected chi connectivity index (χ4v) is 10.2. The van der Waals surface area contributed by atoms with Crippen LogP contribution in [0.4, 0.5) is 0 Å². The van der Waals surface area contributed by atoms with Gasteiger partial charge in [-0.15, -0.1) is 0 Å². The predicted molar refractivity (Wildman–Crippen MR) is 329 cm³/mol. The van der Waals surface area contributed by atoms with Crippen LogP contribution in [0, 0.1) is 0 Å². The van der Waals surface area contributed by atoms with Crippen LogP contribution in [0.1, 0.15) is 354 Å². The van der Waals surface area contributed by atoms with Gasteiger partial charge in [0.05, 0.1) is 25.4 Å². The number of carbonyl (C=O) groups is 2. The van der Waals surface area contributed by atoms with Gasteiger partial charge < -0.3 is 20.3 Å². The zero-order valence-electron chi connectivity index (χ0n) is 50.3. The van der Waals surface area contributed by atoms with Crippen molar-refractivity contribution in [3.63, 3.8) is 0 Å². The number of allylic oxidation sites excluding steroid dienone is 8.